The SMILES string of the molecule is COC1CN(C(=O)N2CC(O)C[C@H]2C(=O)O)CCC1C. The lowest BCUT2D eigenvalue weighted by molar-refractivity contribution is -0.141. The first kappa shape index (κ1) is 15.1. The molecule has 0 aliphatic carbocycles. The maximum absolute atomic E-state index is 12.5. The van der Waals surface area contributed by atoms with Gasteiger partial charge < -0.3 is 24.7 Å². The van der Waals surface area contributed by atoms with Gasteiger partial charge in [-0.05, 0) is 12.3 Å². The molecule has 2 rings (SSSR count). The summed E-state index contributed by atoms with van der Waals surface area (Å²) in [5, 5.41) is 18.7. The molecular formula is C13H22N2O5. The third-order valence-corrected chi connectivity index (χ3v) is 4.27. The number of hydrogen-bond donors (Lipinski definition) is 2. The van der Waals surface area contributed by atoms with Crippen LogP contribution in [-0.4, -0.2) is 77.0 Å². The average molecular weight is 286 g/mol. The molecular weight excluding hydrogens is 264 g/mol. The summed E-state index contributed by atoms with van der Waals surface area (Å²) in [6.45, 7) is 3.23. The van der Waals surface area contributed by atoms with Crippen LogP contribution in [-0.2, 0) is 9.53 Å². The summed E-state index contributed by atoms with van der Waals surface area (Å²) in [7, 11) is 1.62. The Morgan fingerprint density at radius 3 is 2.60 bits per heavy atom. The highest BCUT2D eigenvalue weighted by molar-refractivity contribution is 5.83. The lowest BCUT2D eigenvalue weighted by Gasteiger charge is -2.38. The normalized spacial score (nSPS) is 34.4. The van der Waals surface area contributed by atoms with E-state index in [2.05, 4.69) is 6.92 Å². The molecule has 7 nitrogen and oxygen atoms in total. The Morgan fingerprint density at radius 2 is 2.00 bits per heavy atom. The number of nitrogens with zero attached hydrogens (tertiary/aromatic N) is 2. The van der Waals surface area contributed by atoms with Crippen LogP contribution in [0, 0.1) is 5.92 Å². The monoisotopic (exact) mass is 286 g/mol. The molecule has 0 spiro atoms. The predicted octanol–water partition coefficient (Wildman–Crippen LogP) is -0.0170. The number of amides is 2. The Bertz CT molecular complexity index is 389. The second-order valence-corrected chi connectivity index (χ2v) is 5.66. The van der Waals surface area contributed by atoms with Crippen molar-refractivity contribution in [1.82, 2.24) is 9.80 Å². The van der Waals surface area contributed by atoms with Crippen LogP contribution in [0.5, 0.6) is 0 Å². The number of aliphatic carboxylic acids is 1. The summed E-state index contributed by atoms with van der Waals surface area (Å²) in [4.78, 5) is 26.5. The average Bonchev–Trinajstić information content (AvgIpc) is 2.81. The van der Waals surface area contributed by atoms with Gasteiger partial charge in [0.25, 0.3) is 0 Å². The van der Waals surface area contributed by atoms with E-state index in [1.54, 1.807) is 12.0 Å². The van der Waals surface area contributed by atoms with Gasteiger partial charge in [0.15, 0.2) is 0 Å². The zero-order valence-electron chi connectivity index (χ0n) is 11.9. The van der Waals surface area contributed by atoms with E-state index in [4.69, 9.17) is 9.84 Å². The van der Waals surface area contributed by atoms with Crippen LogP contribution in [0.25, 0.3) is 0 Å². The maximum atomic E-state index is 12.5. The molecule has 2 saturated heterocycles. The van der Waals surface area contributed by atoms with Crippen molar-refractivity contribution in [3.05, 3.63) is 0 Å². The highest BCUT2D eigenvalue weighted by Gasteiger charge is 2.42. The smallest absolute Gasteiger partial charge is 0.326 e. The lowest BCUT2D eigenvalue weighted by atomic mass is 9.96. The van der Waals surface area contributed by atoms with E-state index in [1.807, 2.05) is 0 Å². The molecule has 2 fully saturated rings. The first-order valence-electron chi connectivity index (χ1n) is 6.93. The minimum Gasteiger partial charge on any atom is -0.480 e. The third-order valence-electron chi connectivity index (χ3n) is 4.27. The van der Waals surface area contributed by atoms with E-state index in [1.165, 1.54) is 4.90 Å². The van der Waals surface area contributed by atoms with E-state index >= 15 is 0 Å². The predicted molar refractivity (Wildman–Crippen MR) is 70.3 cm³/mol. The van der Waals surface area contributed by atoms with Crippen LogP contribution in [0.2, 0.25) is 0 Å². The summed E-state index contributed by atoms with van der Waals surface area (Å²) in [5.74, 6) is -0.688. The van der Waals surface area contributed by atoms with Gasteiger partial charge in [-0.3, -0.25) is 0 Å². The number of rotatable bonds is 2. The molecule has 0 aromatic carbocycles. The van der Waals surface area contributed by atoms with Gasteiger partial charge in [-0.2, -0.15) is 0 Å². The standard InChI is InChI=1S/C13H22N2O5/c1-8-3-4-14(7-11(8)20-2)13(19)15-6-9(16)5-10(15)12(17)18/h8-11,16H,3-7H2,1-2H3,(H,17,18)/t8?,9?,10-,11?/m0/s1. The number of carbonyl (C=O) groups excluding carboxylic acids is 1. The Balaban J connectivity index is 2.05. The van der Waals surface area contributed by atoms with Crippen molar-refractivity contribution >= 4 is 12.0 Å². The number of aliphatic hydroxyl groups excluding tert-OH is 1. The fraction of sp³-hybridized carbons (Fsp3) is 0.846. The van der Waals surface area contributed by atoms with Crippen molar-refractivity contribution in [2.45, 2.75) is 38.0 Å². The molecule has 2 aliphatic heterocycles. The fourth-order valence-electron chi connectivity index (χ4n) is 2.96. The Labute approximate surface area is 118 Å². The molecule has 0 aromatic rings. The molecule has 0 aromatic heterocycles. The van der Waals surface area contributed by atoms with Crippen molar-refractivity contribution in [3.63, 3.8) is 0 Å². The van der Waals surface area contributed by atoms with Gasteiger partial charge in [-0.25, -0.2) is 9.59 Å². The number of likely N-dealkylation sites (tertiary alicyclic amines) is 2. The molecule has 4 atom stereocenters. The Hall–Kier alpha value is -1.34. The van der Waals surface area contributed by atoms with Gasteiger partial charge in [0.1, 0.15) is 6.04 Å². The molecule has 2 amide bonds. The molecule has 0 bridgehead atoms. The second kappa shape index (κ2) is 5.97. The van der Waals surface area contributed by atoms with Gasteiger partial charge in [0, 0.05) is 33.2 Å². The number of methoxy groups -OCH3 is 1. The van der Waals surface area contributed by atoms with Crippen molar-refractivity contribution in [2.75, 3.05) is 26.7 Å². The van der Waals surface area contributed by atoms with Gasteiger partial charge >= 0.3 is 12.0 Å². The Morgan fingerprint density at radius 1 is 1.30 bits per heavy atom. The summed E-state index contributed by atoms with van der Waals surface area (Å²) >= 11 is 0. The Kier molecular flexibility index (Phi) is 4.49. The van der Waals surface area contributed by atoms with Gasteiger partial charge in [0.2, 0.25) is 0 Å². The number of ether oxygens (including phenoxy) is 1. The van der Waals surface area contributed by atoms with E-state index in [9.17, 15) is 14.7 Å². The second-order valence-electron chi connectivity index (χ2n) is 5.66. The van der Waals surface area contributed by atoms with Crippen molar-refractivity contribution in [2.24, 2.45) is 5.92 Å². The van der Waals surface area contributed by atoms with Crippen LogP contribution < -0.4 is 0 Å². The molecule has 20 heavy (non-hydrogen) atoms. The van der Waals surface area contributed by atoms with E-state index in [-0.39, 0.29) is 25.1 Å². The van der Waals surface area contributed by atoms with Gasteiger partial charge in [-0.15, -0.1) is 0 Å². The summed E-state index contributed by atoms with van der Waals surface area (Å²) < 4.78 is 5.36. The minimum atomic E-state index is -1.07. The van der Waals surface area contributed by atoms with Crippen LogP contribution in [0.3, 0.4) is 0 Å². The summed E-state index contributed by atoms with van der Waals surface area (Å²) in [6.07, 6.45) is 0.141. The number of hydrogen-bond acceptors (Lipinski definition) is 4. The molecule has 0 radical (unpaired) electrons. The van der Waals surface area contributed by atoms with Crippen molar-refractivity contribution < 1.29 is 24.5 Å². The quantitative estimate of drug-likeness (QED) is 0.744. The number of carboxylic acids is 1. The maximum Gasteiger partial charge on any atom is 0.326 e. The molecule has 3 unspecified atom stereocenters. The lowest BCUT2D eigenvalue weighted by Crippen LogP contribution is -2.53. The first-order chi connectivity index (χ1) is 9.43. The minimum absolute atomic E-state index is 0.0245. The molecule has 7 heteroatoms. The molecule has 114 valence electrons. The van der Waals surface area contributed by atoms with E-state index < -0.39 is 18.1 Å². The van der Waals surface area contributed by atoms with Crippen molar-refractivity contribution in [1.29, 1.82) is 0 Å². The fourth-order valence-corrected chi connectivity index (χ4v) is 2.96. The number of piperidine rings is 1. The molecule has 2 N–H and O–H groups in total. The highest BCUT2D eigenvalue weighted by atomic mass is 16.5. The largest absolute Gasteiger partial charge is 0.480 e. The number of urea groups is 1. The summed E-state index contributed by atoms with van der Waals surface area (Å²) in [5.41, 5.74) is 0. The third kappa shape index (κ3) is 2.88. The molecule has 2 heterocycles. The zero-order chi connectivity index (χ0) is 14.9. The number of β-amino-alcohol motifs (C(OH)–C–C–N with tert-alkyl or cyclic N) is 1. The number of aliphatic hydroxyl groups is 1. The molecule has 0 saturated carbocycles. The summed E-state index contributed by atoms with van der Waals surface area (Å²) in [6, 6.07) is -1.25. The van der Waals surface area contributed by atoms with Gasteiger partial charge in [0.05, 0.1) is 12.2 Å². The van der Waals surface area contributed by atoms with Crippen LogP contribution in [0.15, 0.2) is 0 Å². The first-order valence-corrected chi connectivity index (χ1v) is 6.93. The highest BCUT2D eigenvalue weighted by Crippen LogP contribution is 2.24. The van der Waals surface area contributed by atoms with E-state index in [0.717, 1.165) is 6.42 Å². The van der Waals surface area contributed by atoms with Gasteiger partial charge in [-0.1, -0.05) is 6.92 Å². The van der Waals surface area contributed by atoms with Crippen LogP contribution in [0.4, 0.5) is 4.79 Å². The number of carboxylic acid groups (broad SMARTS) is 1. The molecule has 2 aliphatic rings. The van der Waals surface area contributed by atoms with Crippen LogP contribution in [0.1, 0.15) is 19.8 Å². The van der Waals surface area contributed by atoms with Crippen LogP contribution >= 0.6 is 0 Å². The number of carbonyl (C=O) groups is 2. The zero-order valence-corrected chi connectivity index (χ0v) is 11.9. The van der Waals surface area contributed by atoms with Crippen molar-refractivity contribution in [3.8, 4) is 0 Å². The topological polar surface area (TPSA) is 90.3 Å². The van der Waals surface area contributed by atoms with E-state index in [0.29, 0.717) is 19.0 Å².